The van der Waals surface area contributed by atoms with Crippen LogP contribution in [0.1, 0.15) is 16.9 Å². The maximum absolute atomic E-state index is 12.3. The van der Waals surface area contributed by atoms with Crippen molar-refractivity contribution < 1.29 is 4.79 Å². The number of fused-ring (bicyclic) bond motifs is 1. The Morgan fingerprint density at radius 2 is 2.23 bits per heavy atom. The third-order valence-electron chi connectivity index (χ3n) is 3.74. The van der Waals surface area contributed by atoms with Crippen LogP contribution in [0.15, 0.2) is 41.9 Å². The number of amides is 1. The first kappa shape index (κ1) is 14.8. The summed E-state index contributed by atoms with van der Waals surface area (Å²) in [6.45, 7) is 3.35. The number of hydrogen-bond acceptors (Lipinski definition) is 3. The zero-order valence-corrected chi connectivity index (χ0v) is 13.6. The Bertz CT molecular complexity index is 776. The Kier molecular flexibility index (Phi) is 4.24. The van der Waals surface area contributed by atoms with E-state index < -0.39 is 0 Å². The zero-order valence-electron chi connectivity index (χ0n) is 12.8. The van der Waals surface area contributed by atoms with Crippen molar-refractivity contribution in [1.82, 2.24) is 14.7 Å². The number of hydrogen-bond donors (Lipinski definition) is 0. The molecule has 5 heteroatoms. The van der Waals surface area contributed by atoms with Gasteiger partial charge in [0.05, 0.1) is 24.8 Å². The molecule has 0 saturated heterocycles. The molecule has 22 heavy (non-hydrogen) atoms. The van der Waals surface area contributed by atoms with Crippen molar-refractivity contribution in [1.29, 1.82) is 0 Å². The van der Waals surface area contributed by atoms with E-state index in [2.05, 4.69) is 36.3 Å². The Balaban J connectivity index is 1.63. The molecule has 0 bridgehead atoms. The summed E-state index contributed by atoms with van der Waals surface area (Å²) < 4.78 is 1.92. The summed E-state index contributed by atoms with van der Waals surface area (Å²) in [6, 6.07) is 10.3. The number of nitrogens with zero attached hydrogens (tertiary/aromatic N) is 3. The molecule has 0 N–H and O–H groups in total. The second kappa shape index (κ2) is 6.32. The first-order valence-electron chi connectivity index (χ1n) is 7.32. The highest BCUT2D eigenvalue weighted by Gasteiger charge is 2.11. The minimum absolute atomic E-state index is 0.143. The van der Waals surface area contributed by atoms with Gasteiger partial charge in [-0.05, 0) is 30.0 Å². The molecule has 1 aromatic carbocycles. The summed E-state index contributed by atoms with van der Waals surface area (Å²) >= 11 is 1.68. The summed E-state index contributed by atoms with van der Waals surface area (Å²) in [5.74, 6) is 0.143. The molecule has 0 saturated carbocycles. The molecule has 0 fully saturated rings. The molecule has 0 aliphatic rings. The summed E-state index contributed by atoms with van der Waals surface area (Å²) in [4.78, 5) is 15.2. The van der Waals surface area contributed by atoms with Crippen LogP contribution in [0.5, 0.6) is 0 Å². The fourth-order valence-electron chi connectivity index (χ4n) is 2.48. The summed E-state index contributed by atoms with van der Waals surface area (Å²) in [5.41, 5.74) is 2.30. The molecule has 0 aliphatic carbocycles. The van der Waals surface area contributed by atoms with Gasteiger partial charge in [-0.2, -0.15) is 5.10 Å². The van der Waals surface area contributed by atoms with Gasteiger partial charge in [-0.15, -0.1) is 11.3 Å². The number of aromatic nitrogens is 2. The Labute approximate surface area is 134 Å². The topological polar surface area (TPSA) is 38.1 Å². The van der Waals surface area contributed by atoms with E-state index in [1.54, 1.807) is 16.2 Å². The van der Waals surface area contributed by atoms with Crippen LogP contribution in [-0.2, 0) is 17.9 Å². The highest BCUT2D eigenvalue weighted by molar-refractivity contribution is 7.09. The van der Waals surface area contributed by atoms with Crippen molar-refractivity contribution in [3.63, 3.8) is 0 Å². The molecule has 2 aromatic heterocycles. The second-order valence-corrected chi connectivity index (χ2v) is 6.54. The SMILES string of the molecule is Cc1ccc2cnn(CCC(=O)N(C)Cc3cccs3)c2c1. The van der Waals surface area contributed by atoms with Crippen LogP contribution in [0.25, 0.3) is 10.9 Å². The summed E-state index contributed by atoms with van der Waals surface area (Å²) in [5, 5.41) is 7.54. The number of carbonyl (C=O) groups excluding carboxylic acids is 1. The molecule has 3 rings (SSSR count). The lowest BCUT2D eigenvalue weighted by Gasteiger charge is -2.16. The van der Waals surface area contributed by atoms with Crippen molar-refractivity contribution in [3.05, 3.63) is 52.3 Å². The first-order chi connectivity index (χ1) is 10.6. The van der Waals surface area contributed by atoms with Crippen LogP contribution < -0.4 is 0 Å². The summed E-state index contributed by atoms with van der Waals surface area (Å²) in [7, 11) is 1.85. The normalized spacial score (nSPS) is 11.0. The molecule has 1 amide bonds. The standard InChI is InChI=1S/C17H19N3OS/c1-13-5-6-14-11-18-20(16(14)10-13)8-7-17(21)19(2)12-15-4-3-9-22-15/h3-6,9-11H,7-8,12H2,1-2H3. The van der Waals surface area contributed by atoms with Gasteiger partial charge < -0.3 is 4.90 Å². The lowest BCUT2D eigenvalue weighted by Crippen LogP contribution is -2.26. The lowest BCUT2D eigenvalue weighted by molar-refractivity contribution is -0.130. The molecule has 4 nitrogen and oxygen atoms in total. The van der Waals surface area contributed by atoms with Crippen LogP contribution >= 0.6 is 11.3 Å². The first-order valence-corrected chi connectivity index (χ1v) is 8.20. The highest BCUT2D eigenvalue weighted by Crippen LogP contribution is 2.16. The van der Waals surface area contributed by atoms with E-state index >= 15 is 0 Å². The van der Waals surface area contributed by atoms with E-state index in [1.165, 1.54) is 10.4 Å². The maximum atomic E-state index is 12.3. The quantitative estimate of drug-likeness (QED) is 0.723. The van der Waals surface area contributed by atoms with Gasteiger partial charge in [-0.3, -0.25) is 9.48 Å². The zero-order chi connectivity index (χ0) is 15.5. The highest BCUT2D eigenvalue weighted by atomic mass is 32.1. The largest absolute Gasteiger partial charge is 0.341 e. The van der Waals surface area contributed by atoms with Crippen LogP contribution in [0.4, 0.5) is 0 Å². The van der Waals surface area contributed by atoms with E-state index in [0.29, 0.717) is 19.5 Å². The van der Waals surface area contributed by atoms with Gasteiger partial charge in [0.15, 0.2) is 0 Å². The maximum Gasteiger partial charge on any atom is 0.224 e. The van der Waals surface area contributed by atoms with Gasteiger partial charge in [-0.1, -0.05) is 18.2 Å². The van der Waals surface area contributed by atoms with Crippen molar-refractivity contribution in [2.75, 3.05) is 7.05 Å². The van der Waals surface area contributed by atoms with Gasteiger partial charge in [0.2, 0.25) is 5.91 Å². The molecule has 2 heterocycles. The van der Waals surface area contributed by atoms with E-state index in [9.17, 15) is 4.79 Å². The Hall–Kier alpha value is -2.14. The molecule has 0 spiro atoms. The Morgan fingerprint density at radius 1 is 1.36 bits per heavy atom. The fraction of sp³-hybridized carbons (Fsp3) is 0.294. The lowest BCUT2D eigenvalue weighted by atomic mass is 10.2. The van der Waals surface area contributed by atoms with Gasteiger partial charge in [0, 0.05) is 23.7 Å². The molecule has 114 valence electrons. The van der Waals surface area contributed by atoms with E-state index in [4.69, 9.17) is 0 Å². The van der Waals surface area contributed by atoms with E-state index in [1.807, 2.05) is 29.4 Å². The monoisotopic (exact) mass is 313 g/mol. The molecule has 0 aliphatic heterocycles. The number of thiophene rings is 1. The van der Waals surface area contributed by atoms with Gasteiger partial charge in [0.25, 0.3) is 0 Å². The smallest absolute Gasteiger partial charge is 0.224 e. The van der Waals surface area contributed by atoms with Crippen LogP contribution in [0.3, 0.4) is 0 Å². The number of aryl methyl sites for hydroxylation is 2. The van der Waals surface area contributed by atoms with Crippen molar-refractivity contribution in [2.45, 2.75) is 26.4 Å². The third-order valence-corrected chi connectivity index (χ3v) is 4.60. The van der Waals surface area contributed by atoms with Crippen LogP contribution in [0, 0.1) is 6.92 Å². The predicted octanol–water partition coefficient (Wildman–Crippen LogP) is 3.45. The van der Waals surface area contributed by atoms with Crippen LogP contribution in [-0.4, -0.2) is 27.6 Å². The number of rotatable bonds is 5. The number of benzene rings is 1. The van der Waals surface area contributed by atoms with Crippen molar-refractivity contribution in [2.24, 2.45) is 0 Å². The average molecular weight is 313 g/mol. The third kappa shape index (κ3) is 3.20. The van der Waals surface area contributed by atoms with E-state index in [0.717, 1.165) is 10.9 Å². The van der Waals surface area contributed by atoms with Crippen molar-refractivity contribution >= 4 is 28.1 Å². The van der Waals surface area contributed by atoms with Gasteiger partial charge in [-0.25, -0.2) is 0 Å². The van der Waals surface area contributed by atoms with Gasteiger partial charge >= 0.3 is 0 Å². The summed E-state index contributed by atoms with van der Waals surface area (Å²) in [6.07, 6.45) is 2.32. The van der Waals surface area contributed by atoms with Gasteiger partial charge in [0.1, 0.15) is 0 Å². The molecular weight excluding hydrogens is 294 g/mol. The molecule has 0 radical (unpaired) electrons. The minimum Gasteiger partial charge on any atom is -0.341 e. The fourth-order valence-corrected chi connectivity index (χ4v) is 3.23. The minimum atomic E-state index is 0.143. The second-order valence-electron chi connectivity index (χ2n) is 5.51. The molecule has 0 atom stereocenters. The molecule has 3 aromatic rings. The average Bonchev–Trinajstić information content (AvgIpc) is 3.14. The molecular formula is C17H19N3OS. The Morgan fingerprint density at radius 3 is 3.00 bits per heavy atom. The van der Waals surface area contributed by atoms with Crippen molar-refractivity contribution in [3.8, 4) is 0 Å². The number of carbonyl (C=O) groups is 1. The molecule has 0 unspecified atom stereocenters. The van der Waals surface area contributed by atoms with E-state index in [-0.39, 0.29) is 5.91 Å². The predicted molar refractivity (Wildman–Crippen MR) is 89.9 cm³/mol. The van der Waals surface area contributed by atoms with Crippen LogP contribution in [0.2, 0.25) is 0 Å².